The van der Waals surface area contributed by atoms with Crippen LogP contribution in [-0.4, -0.2) is 15.9 Å². The molecule has 2 N–H and O–H groups in total. The van der Waals surface area contributed by atoms with Gasteiger partial charge in [0.05, 0.1) is 4.92 Å². The van der Waals surface area contributed by atoms with Crippen molar-refractivity contribution in [2.45, 2.75) is 40.2 Å². The second-order valence-corrected chi connectivity index (χ2v) is 7.59. The molecule has 3 aromatic rings. The van der Waals surface area contributed by atoms with E-state index >= 15 is 0 Å². The van der Waals surface area contributed by atoms with E-state index < -0.39 is 10.8 Å². The van der Waals surface area contributed by atoms with E-state index in [1.807, 2.05) is 13.8 Å². The highest BCUT2D eigenvalue weighted by molar-refractivity contribution is 6.02. The number of nitrogens with zero attached hydrogens (tertiary/aromatic N) is 1. The summed E-state index contributed by atoms with van der Waals surface area (Å²) in [6.07, 6.45) is 0. The number of nitro groups is 1. The number of aryl methyl sites for hydroxylation is 2. The van der Waals surface area contributed by atoms with Gasteiger partial charge in [0.15, 0.2) is 5.76 Å². The van der Waals surface area contributed by atoms with Gasteiger partial charge in [0.1, 0.15) is 23.9 Å². The monoisotopic (exact) mass is 424 g/mol. The Bertz CT molecular complexity index is 1130. The number of hydrogen-bond acceptors (Lipinski definition) is 6. The van der Waals surface area contributed by atoms with Crippen molar-refractivity contribution in [2.75, 3.05) is 5.32 Å². The summed E-state index contributed by atoms with van der Waals surface area (Å²) in [5, 5.41) is 23.8. The number of rotatable bonds is 7. The van der Waals surface area contributed by atoms with Crippen LogP contribution in [0.1, 0.15) is 52.8 Å². The highest BCUT2D eigenvalue weighted by Crippen LogP contribution is 2.31. The number of aromatic hydroxyl groups is 1. The zero-order chi connectivity index (χ0) is 22.7. The van der Waals surface area contributed by atoms with Crippen LogP contribution in [0.5, 0.6) is 11.5 Å². The number of furan rings is 1. The first-order valence-electron chi connectivity index (χ1n) is 9.77. The molecule has 31 heavy (non-hydrogen) atoms. The average molecular weight is 424 g/mol. The minimum Gasteiger partial charge on any atom is -0.508 e. The minimum atomic E-state index is -0.448. The third kappa shape index (κ3) is 5.03. The Kier molecular flexibility index (Phi) is 6.29. The molecule has 8 nitrogen and oxygen atoms in total. The van der Waals surface area contributed by atoms with Crippen LogP contribution >= 0.6 is 0 Å². The van der Waals surface area contributed by atoms with Crippen molar-refractivity contribution in [1.29, 1.82) is 0 Å². The van der Waals surface area contributed by atoms with Gasteiger partial charge in [-0.05, 0) is 67.3 Å². The minimum absolute atomic E-state index is 0.0226. The lowest BCUT2D eigenvalue weighted by Crippen LogP contribution is -2.12. The largest absolute Gasteiger partial charge is 0.508 e. The number of ether oxygens (including phenoxy) is 1. The maximum Gasteiger partial charge on any atom is 0.291 e. The number of phenolic OH excluding ortho intramolecular Hbond substituents is 1. The van der Waals surface area contributed by atoms with E-state index in [1.165, 1.54) is 12.1 Å². The van der Waals surface area contributed by atoms with Gasteiger partial charge in [0.2, 0.25) is 0 Å². The van der Waals surface area contributed by atoms with Crippen molar-refractivity contribution >= 4 is 17.3 Å². The summed E-state index contributed by atoms with van der Waals surface area (Å²) in [4.78, 5) is 23.0. The van der Waals surface area contributed by atoms with E-state index in [4.69, 9.17) is 9.15 Å². The zero-order valence-corrected chi connectivity index (χ0v) is 17.8. The standard InChI is InChI=1S/C23H24N2O6/c1-13(2)18-11-19(14(3)10-21(18)26)24-23(27)22-8-6-17(31-22)12-30-16-5-7-20(25(28)29)15(4)9-16/h5-11,13,26H,12H2,1-4H3,(H,24,27). The number of carbonyl (C=O) groups excluding carboxylic acids is 1. The summed E-state index contributed by atoms with van der Waals surface area (Å²) in [5.41, 5.74) is 2.59. The van der Waals surface area contributed by atoms with E-state index in [1.54, 1.807) is 44.2 Å². The first-order valence-corrected chi connectivity index (χ1v) is 9.77. The molecule has 1 heterocycles. The third-order valence-electron chi connectivity index (χ3n) is 4.88. The SMILES string of the molecule is Cc1cc(O)c(C(C)C)cc1NC(=O)c1ccc(COc2ccc([N+](=O)[O-])c(C)c2)o1. The van der Waals surface area contributed by atoms with Crippen LogP contribution in [0.2, 0.25) is 0 Å². The highest BCUT2D eigenvalue weighted by Gasteiger charge is 2.16. The van der Waals surface area contributed by atoms with Gasteiger partial charge >= 0.3 is 0 Å². The van der Waals surface area contributed by atoms with Gasteiger partial charge in [-0.15, -0.1) is 0 Å². The highest BCUT2D eigenvalue weighted by atomic mass is 16.6. The van der Waals surface area contributed by atoms with Crippen molar-refractivity contribution in [3.63, 3.8) is 0 Å². The maximum absolute atomic E-state index is 12.6. The van der Waals surface area contributed by atoms with Gasteiger partial charge in [-0.1, -0.05) is 13.8 Å². The van der Waals surface area contributed by atoms with Crippen LogP contribution in [0.3, 0.4) is 0 Å². The number of benzene rings is 2. The van der Waals surface area contributed by atoms with Crippen LogP contribution in [0.25, 0.3) is 0 Å². The first-order chi connectivity index (χ1) is 14.7. The molecule has 0 aliphatic rings. The smallest absolute Gasteiger partial charge is 0.291 e. The number of nitrogens with one attached hydrogen (secondary N) is 1. The Hall–Kier alpha value is -3.81. The molecule has 1 aromatic heterocycles. The molecule has 3 rings (SSSR count). The van der Waals surface area contributed by atoms with Crippen LogP contribution < -0.4 is 10.1 Å². The predicted molar refractivity (Wildman–Crippen MR) is 116 cm³/mol. The molecule has 0 bridgehead atoms. The second-order valence-electron chi connectivity index (χ2n) is 7.59. The molecule has 162 valence electrons. The molecule has 1 amide bonds. The number of amides is 1. The lowest BCUT2D eigenvalue weighted by atomic mass is 9.99. The first kappa shape index (κ1) is 21.9. The van der Waals surface area contributed by atoms with Crippen molar-refractivity contribution in [3.05, 3.63) is 80.8 Å². The van der Waals surface area contributed by atoms with E-state index in [0.717, 1.165) is 11.1 Å². The Morgan fingerprint density at radius 3 is 2.55 bits per heavy atom. The van der Waals surface area contributed by atoms with Crippen molar-refractivity contribution < 1.29 is 24.0 Å². The molecular formula is C23H24N2O6. The van der Waals surface area contributed by atoms with Crippen LogP contribution in [0.15, 0.2) is 46.9 Å². The van der Waals surface area contributed by atoms with Gasteiger partial charge in [-0.3, -0.25) is 14.9 Å². The van der Waals surface area contributed by atoms with E-state index in [-0.39, 0.29) is 29.7 Å². The fourth-order valence-corrected chi connectivity index (χ4v) is 3.15. The molecule has 0 aliphatic carbocycles. The fourth-order valence-electron chi connectivity index (χ4n) is 3.15. The van der Waals surface area contributed by atoms with Crippen molar-refractivity contribution in [1.82, 2.24) is 0 Å². The van der Waals surface area contributed by atoms with Gasteiger partial charge in [0.25, 0.3) is 11.6 Å². The predicted octanol–water partition coefficient (Wildman–Crippen LogP) is 5.46. The van der Waals surface area contributed by atoms with Gasteiger partial charge in [-0.25, -0.2) is 0 Å². The Balaban J connectivity index is 1.67. The summed E-state index contributed by atoms with van der Waals surface area (Å²) in [6.45, 7) is 7.42. The summed E-state index contributed by atoms with van der Waals surface area (Å²) in [5.74, 6) is 0.909. The maximum atomic E-state index is 12.6. The molecular weight excluding hydrogens is 400 g/mol. The Morgan fingerprint density at radius 2 is 1.90 bits per heavy atom. The van der Waals surface area contributed by atoms with Crippen LogP contribution in [-0.2, 0) is 6.61 Å². The van der Waals surface area contributed by atoms with Gasteiger partial charge < -0.3 is 19.6 Å². The number of nitro benzene ring substituents is 1. The van der Waals surface area contributed by atoms with Crippen molar-refractivity contribution in [3.8, 4) is 11.5 Å². The molecule has 2 aromatic carbocycles. The molecule has 0 spiro atoms. The molecule has 0 atom stereocenters. The molecule has 0 unspecified atom stereocenters. The van der Waals surface area contributed by atoms with Crippen molar-refractivity contribution in [2.24, 2.45) is 0 Å². The zero-order valence-electron chi connectivity index (χ0n) is 17.8. The summed E-state index contributed by atoms with van der Waals surface area (Å²) >= 11 is 0. The van der Waals surface area contributed by atoms with Gasteiger partial charge in [-0.2, -0.15) is 0 Å². The summed E-state index contributed by atoms with van der Waals surface area (Å²) in [6, 6.07) is 11.0. The lowest BCUT2D eigenvalue weighted by molar-refractivity contribution is -0.385. The molecule has 0 fully saturated rings. The van der Waals surface area contributed by atoms with E-state index in [2.05, 4.69) is 5.32 Å². The Morgan fingerprint density at radius 1 is 1.16 bits per heavy atom. The normalized spacial score (nSPS) is 10.9. The molecule has 0 saturated heterocycles. The number of carbonyl (C=O) groups is 1. The van der Waals surface area contributed by atoms with Crippen LogP contribution in [0, 0.1) is 24.0 Å². The molecule has 0 aliphatic heterocycles. The third-order valence-corrected chi connectivity index (χ3v) is 4.88. The fraction of sp³-hybridized carbons (Fsp3) is 0.261. The summed E-state index contributed by atoms with van der Waals surface area (Å²) in [7, 11) is 0. The summed E-state index contributed by atoms with van der Waals surface area (Å²) < 4.78 is 11.2. The topological polar surface area (TPSA) is 115 Å². The quantitative estimate of drug-likeness (QED) is 0.295. The molecule has 8 heteroatoms. The van der Waals surface area contributed by atoms with Gasteiger partial charge in [0, 0.05) is 17.3 Å². The number of anilines is 1. The molecule has 0 saturated carbocycles. The van der Waals surface area contributed by atoms with E-state index in [9.17, 15) is 20.0 Å². The Labute approximate surface area is 179 Å². The average Bonchev–Trinajstić information content (AvgIpc) is 3.17. The second kappa shape index (κ2) is 8.91. The number of phenols is 1. The van der Waals surface area contributed by atoms with Crippen LogP contribution in [0.4, 0.5) is 11.4 Å². The lowest BCUT2D eigenvalue weighted by Gasteiger charge is -2.14. The molecule has 0 radical (unpaired) electrons. The van der Waals surface area contributed by atoms with E-state index in [0.29, 0.717) is 22.8 Å². The number of hydrogen-bond donors (Lipinski definition) is 2.